The van der Waals surface area contributed by atoms with E-state index in [0.717, 1.165) is 11.6 Å². The van der Waals surface area contributed by atoms with Gasteiger partial charge < -0.3 is 5.32 Å². The molecule has 2 aliphatic rings. The van der Waals surface area contributed by atoms with Crippen molar-refractivity contribution in [1.29, 1.82) is 0 Å². The zero-order valence-corrected chi connectivity index (χ0v) is 13.2. The van der Waals surface area contributed by atoms with E-state index in [4.69, 9.17) is 9.97 Å². The lowest BCUT2D eigenvalue weighted by Crippen LogP contribution is -2.14. The molecule has 0 aromatic carbocycles. The van der Waals surface area contributed by atoms with Gasteiger partial charge in [-0.2, -0.15) is 0 Å². The van der Waals surface area contributed by atoms with Crippen molar-refractivity contribution in [3.63, 3.8) is 0 Å². The minimum atomic E-state index is 0.253. The van der Waals surface area contributed by atoms with Crippen LogP contribution in [0.25, 0.3) is 0 Å². The molecular formula is C14H20IN3. The number of aromatic nitrogens is 2. The number of nitrogens with zero attached hydrogens (tertiary/aromatic N) is 2. The summed E-state index contributed by atoms with van der Waals surface area (Å²) in [5.41, 5.74) is 1.55. The van der Waals surface area contributed by atoms with Crippen molar-refractivity contribution in [3.8, 4) is 0 Å². The monoisotopic (exact) mass is 357 g/mol. The fraction of sp³-hybridized carbons (Fsp3) is 0.714. The van der Waals surface area contributed by atoms with Crippen molar-refractivity contribution >= 4 is 28.4 Å². The zero-order chi connectivity index (χ0) is 12.8. The quantitative estimate of drug-likeness (QED) is 0.836. The van der Waals surface area contributed by atoms with E-state index in [1.54, 1.807) is 0 Å². The summed E-state index contributed by atoms with van der Waals surface area (Å²) < 4.78 is 1.23. The van der Waals surface area contributed by atoms with Gasteiger partial charge in [0, 0.05) is 18.4 Å². The van der Waals surface area contributed by atoms with Gasteiger partial charge in [-0.1, -0.05) is 19.8 Å². The highest BCUT2D eigenvalue weighted by Crippen LogP contribution is 2.47. The molecule has 1 N–H and O–H groups in total. The van der Waals surface area contributed by atoms with E-state index >= 15 is 0 Å². The highest BCUT2D eigenvalue weighted by Gasteiger charge is 2.43. The van der Waals surface area contributed by atoms with E-state index in [2.05, 4.69) is 34.8 Å². The fourth-order valence-corrected chi connectivity index (χ4v) is 3.73. The highest BCUT2D eigenvalue weighted by atomic mass is 127. The molecule has 4 heteroatoms. The minimum Gasteiger partial charge on any atom is -0.372 e. The molecule has 0 amide bonds. The van der Waals surface area contributed by atoms with Crippen molar-refractivity contribution in [1.82, 2.24) is 9.97 Å². The number of nitrogens with one attached hydrogen (secondary N) is 1. The number of rotatable bonds is 3. The lowest BCUT2D eigenvalue weighted by Gasteiger charge is -2.17. The van der Waals surface area contributed by atoms with Crippen molar-refractivity contribution in [3.05, 3.63) is 15.1 Å². The predicted molar refractivity (Wildman–Crippen MR) is 82.1 cm³/mol. The van der Waals surface area contributed by atoms with Gasteiger partial charge in [0.2, 0.25) is 0 Å². The third kappa shape index (κ3) is 2.12. The summed E-state index contributed by atoms with van der Waals surface area (Å²) in [5, 5.41) is 3.24. The van der Waals surface area contributed by atoms with Crippen LogP contribution in [-0.2, 0) is 5.41 Å². The van der Waals surface area contributed by atoms with E-state index in [1.807, 2.05) is 7.05 Å². The van der Waals surface area contributed by atoms with E-state index < -0.39 is 0 Å². The third-order valence-electron chi connectivity index (χ3n) is 4.40. The van der Waals surface area contributed by atoms with Gasteiger partial charge in [-0.25, -0.2) is 9.97 Å². The Hall–Kier alpha value is -0.390. The van der Waals surface area contributed by atoms with Gasteiger partial charge in [-0.3, -0.25) is 0 Å². The van der Waals surface area contributed by atoms with E-state index in [-0.39, 0.29) is 5.41 Å². The van der Waals surface area contributed by atoms with Crippen LogP contribution in [0.15, 0.2) is 0 Å². The molecule has 1 aromatic rings. The summed E-state index contributed by atoms with van der Waals surface area (Å²) >= 11 is 2.41. The minimum absolute atomic E-state index is 0.253. The first-order valence-corrected chi connectivity index (χ1v) is 7.97. The van der Waals surface area contributed by atoms with Crippen LogP contribution >= 0.6 is 22.6 Å². The van der Waals surface area contributed by atoms with Crippen molar-refractivity contribution in [2.45, 2.75) is 56.8 Å². The first kappa shape index (κ1) is 12.6. The molecular weight excluding hydrogens is 337 g/mol. The lowest BCUT2D eigenvalue weighted by molar-refractivity contribution is 0.646. The molecule has 98 valence electrons. The number of hydrogen-bond donors (Lipinski definition) is 1. The van der Waals surface area contributed by atoms with Gasteiger partial charge >= 0.3 is 0 Å². The summed E-state index contributed by atoms with van der Waals surface area (Å²) in [5.74, 6) is 2.75. The van der Waals surface area contributed by atoms with Crippen LogP contribution in [-0.4, -0.2) is 17.0 Å². The Kier molecular flexibility index (Phi) is 3.24. The largest absolute Gasteiger partial charge is 0.372 e. The van der Waals surface area contributed by atoms with Crippen LogP contribution in [0.4, 0.5) is 5.82 Å². The summed E-state index contributed by atoms with van der Waals surface area (Å²) in [7, 11) is 1.96. The number of halogens is 1. The fourth-order valence-electron chi connectivity index (χ4n) is 2.78. The van der Waals surface area contributed by atoms with Crippen LogP contribution in [0.5, 0.6) is 0 Å². The van der Waals surface area contributed by atoms with Gasteiger partial charge in [0.1, 0.15) is 11.6 Å². The maximum absolute atomic E-state index is 4.94. The van der Waals surface area contributed by atoms with Crippen LogP contribution in [0.1, 0.15) is 62.9 Å². The Balaban J connectivity index is 2.05. The molecule has 2 fully saturated rings. The van der Waals surface area contributed by atoms with Gasteiger partial charge in [0.25, 0.3) is 0 Å². The van der Waals surface area contributed by atoms with Crippen LogP contribution in [0.2, 0.25) is 0 Å². The molecule has 3 nitrogen and oxygen atoms in total. The topological polar surface area (TPSA) is 37.8 Å². The van der Waals surface area contributed by atoms with Gasteiger partial charge in [-0.05, 0) is 48.3 Å². The molecule has 0 bridgehead atoms. The van der Waals surface area contributed by atoms with E-state index in [9.17, 15) is 0 Å². The van der Waals surface area contributed by atoms with Gasteiger partial charge in [-0.15, -0.1) is 0 Å². The molecule has 2 saturated carbocycles. The predicted octanol–water partition coefficient (Wildman–Crippen LogP) is 3.83. The third-order valence-corrected chi connectivity index (χ3v) is 5.46. The van der Waals surface area contributed by atoms with E-state index in [0.29, 0.717) is 5.92 Å². The van der Waals surface area contributed by atoms with Crippen LogP contribution in [0.3, 0.4) is 0 Å². The Morgan fingerprint density at radius 3 is 2.44 bits per heavy atom. The molecule has 0 radical (unpaired) electrons. The van der Waals surface area contributed by atoms with Crippen molar-refractivity contribution in [2.24, 2.45) is 0 Å². The SMILES string of the molecule is CNc1nc(C2(C)CC2)nc(C2CCCC2)c1I. The smallest absolute Gasteiger partial charge is 0.143 e. The molecule has 0 unspecified atom stereocenters. The Bertz CT molecular complexity index is 462. The first-order valence-electron chi connectivity index (χ1n) is 6.90. The lowest BCUT2D eigenvalue weighted by atomic mass is 10.0. The van der Waals surface area contributed by atoms with E-state index in [1.165, 1.54) is 47.8 Å². The van der Waals surface area contributed by atoms with Crippen molar-refractivity contribution in [2.75, 3.05) is 12.4 Å². The Morgan fingerprint density at radius 1 is 1.22 bits per heavy atom. The molecule has 0 spiro atoms. The Labute approximate surface area is 122 Å². The standard InChI is InChI=1S/C14H20IN3/c1-14(7-8-14)13-17-11(9-5-3-4-6-9)10(15)12(16-2)18-13/h9H,3-8H2,1-2H3,(H,16,17,18). The normalized spacial score (nSPS) is 22.2. The zero-order valence-electron chi connectivity index (χ0n) is 11.1. The van der Waals surface area contributed by atoms with Crippen LogP contribution in [0, 0.1) is 3.57 Å². The average Bonchev–Trinajstić information content (AvgIpc) is 2.93. The highest BCUT2D eigenvalue weighted by molar-refractivity contribution is 14.1. The molecule has 3 rings (SSSR count). The Morgan fingerprint density at radius 2 is 1.89 bits per heavy atom. The second kappa shape index (κ2) is 4.62. The number of anilines is 1. The second-order valence-corrected chi connectivity index (χ2v) is 6.97. The maximum Gasteiger partial charge on any atom is 0.143 e. The summed E-state index contributed by atoms with van der Waals surface area (Å²) in [6.07, 6.45) is 7.78. The molecule has 0 atom stereocenters. The summed E-state index contributed by atoms with van der Waals surface area (Å²) in [6.45, 7) is 2.28. The maximum atomic E-state index is 4.94. The number of hydrogen-bond acceptors (Lipinski definition) is 3. The summed E-state index contributed by atoms with van der Waals surface area (Å²) in [6, 6.07) is 0. The second-order valence-electron chi connectivity index (χ2n) is 5.89. The molecule has 0 aliphatic heterocycles. The van der Waals surface area contributed by atoms with Gasteiger partial charge in [0.15, 0.2) is 0 Å². The molecule has 0 saturated heterocycles. The van der Waals surface area contributed by atoms with Crippen molar-refractivity contribution < 1.29 is 0 Å². The summed E-state index contributed by atoms with van der Waals surface area (Å²) in [4.78, 5) is 9.66. The molecule has 18 heavy (non-hydrogen) atoms. The molecule has 1 aromatic heterocycles. The average molecular weight is 357 g/mol. The van der Waals surface area contributed by atoms with Crippen LogP contribution < -0.4 is 5.32 Å². The van der Waals surface area contributed by atoms with Gasteiger partial charge in [0.05, 0.1) is 9.26 Å². The molecule has 2 aliphatic carbocycles. The molecule has 1 heterocycles. The first-order chi connectivity index (χ1) is 8.64.